The van der Waals surface area contributed by atoms with Crippen LogP contribution in [0.4, 0.5) is 10.3 Å². The fourth-order valence-corrected chi connectivity index (χ4v) is 2.44. The zero-order valence-corrected chi connectivity index (χ0v) is 13.7. The number of anilines is 1. The second-order valence-corrected chi connectivity index (χ2v) is 5.61. The van der Waals surface area contributed by atoms with Crippen molar-refractivity contribution in [3.8, 4) is 23.3 Å². The van der Waals surface area contributed by atoms with E-state index in [1.807, 2.05) is 6.92 Å². The van der Waals surface area contributed by atoms with Gasteiger partial charge in [0.25, 0.3) is 5.89 Å². The minimum Gasteiger partial charge on any atom is -0.459 e. The second-order valence-electron chi connectivity index (χ2n) is 5.61. The van der Waals surface area contributed by atoms with Crippen molar-refractivity contribution in [1.82, 2.24) is 25.1 Å². The quantitative estimate of drug-likeness (QED) is 0.596. The second kappa shape index (κ2) is 6.36. The van der Waals surface area contributed by atoms with Crippen molar-refractivity contribution >= 4 is 5.95 Å². The summed E-state index contributed by atoms with van der Waals surface area (Å²) in [6.45, 7) is 1.88. The topological polar surface area (TPSA) is 117 Å². The summed E-state index contributed by atoms with van der Waals surface area (Å²) in [6, 6.07) is 8.23. The molecule has 0 spiro atoms. The lowest BCUT2D eigenvalue weighted by molar-refractivity contribution is 0.416. The van der Waals surface area contributed by atoms with E-state index in [1.54, 1.807) is 24.3 Å². The van der Waals surface area contributed by atoms with E-state index in [0.29, 0.717) is 17.1 Å². The van der Waals surface area contributed by atoms with E-state index in [1.165, 1.54) is 12.3 Å². The first-order chi connectivity index (χ1) is 12.6. The Morgan fingerprint density at radius 3 is 2.77 bits per heavy atom. The Hall–Kier alpha value is -3.62. The Morgan fingerprint density at radius 1 is 1.08 bits per heavy atom. The van der Waals surface area contributed by atoms with Gasteiger partial charge in [-0.15, -0.1) is 0 Å². The van der Waals surface area contributed by atoms with Crippen molar-refractivity contribution in [3.05, 3.63) is 59.4 Å². The van der Waals surface area contributed by atoms with Crippen LogP contribution in [-0.2, 0) is 6.42 Å². The van der Waals surface area contributed by atoms with Gasteiger partial charge < -0.3 is 14.7 Å². The van der Waals surface area contributed by atoms with Crippen LogP contribution in [-0.4, -0.2) is 25.1 Å². The van der Waals surface area contributed by atoms with Gasteiger partial charge >= 0.3 is 0 Å². The normalized spacial score (nSPS) is 11.0. The van der Waals surface area contributed by atoms with E-state index in [9.17, 15) is 4.39 Å². The van der Waals surface area contributed by atoms with Crippen LogP contribution in [0.2, 0.25) is 0 Å². The number of halogens is 1. The maximum absolute atomic E-state index is 14.0. The minimum atomic E-state index is -0.337. The molecule has 0 aliphatic carbocycles. The van der Waals surface area contributed by atoms with Crippen LogP contribution in [0.1, 0.15) is 17.0 Å². The van der Waals surface area contributed by atoms with Crippen LogP contribution in [0, 0.1) is 12.7 Å². The molecule has 0 aliphatic rings. The summed E-state index contributed by atoms with van der Waals surface area (Å²) in [4.78, 5) is 16.6. The molecule has 0 saturated heterocycles. The van der Waals surface area contributed by atoms with Gasteiger partial charge in [0, 0.05) is 6.42 Å². The molecule has 0 atom stereocenters. The zero-order valence-electron chi connectivity index (χ0n) is 13.7. The van der Waals surface area contributed by atoms with Gasteiger partial charge in [-0.3, -0.25) is 0 Å². The van der Waals surface area contributed by atoms with Gasteiger partial charge in [-0.25, -0.2) is 9.37 Å². The maximum atomic E-state index is 14.0. The molecule has 0 radical (unpaired) electrons. The molecule has 1 aromatic carbocycles. The molecule has 0 amide bonds. The van der Waals surface area contributed by atoms with Crippen molar-refractivity contribution < 1.29 is 13.3 Å². The van der Waals surface area contributed by atoms with Crippen molar-refractivity contribution in [2.45, 2.75) is 13.3 Å². The van der Waals surface area contributed by atoms with Gasteiger partial charge in [0.1, 0.15) is 11.6 Å². The number of rotatable bonds is 4. The molecule has 26 heavy (non-hydrogen) atoms. The molecule has 8 nitrogen and oxygen atoms in total. The third-order valence-corrected chi connectivity index (χ3v) is 3.61. The van der Waals surface area contributed by atoms with E-state index < -0.39 is 0 Å². The highest BCUT2D eigenvalue weighted by atomic mass is 19.1. The molecule has 3 heterocycles. The number of benzene rings is 1. The Morgan fingerprint density at radius 2 is 1.96 bits per heavy atom. The van der Waals surface area contributed by atoms with Crippen molar-refractivity contribution in [2.75, 3.05) is 5.73 Å². The highest BCUT2D eigenvalue weighted by Gasteiger charge is 2.17. The summed E-state index contributed by atoms with van der Waals surface area (Å²) >= 11 is 0. The molecule has 2 N–H and O–H groups in total. The van der Waals surface area contributed by atoms with E-state index in [0.717, 1.165) is 5.56 Å². The summed E-state index contributed by atoms with van der Waals surface area (Å²) < 4.78 is 24.3. The average molecular weight is 352 g/mol. The minimum absolute atomic E-state index is 0.0117. The lowest BCUT2D eigenvalue weighted by atomic mass is 10.1. The van der Waals surface area contributed by atoms with Gasteiger partial charge in [-0.05, 0) is 30.7 Å². The number of aryl methyl sites for hydroxylation is 1. The molecular weight excluding hydrogens is 339 g/mol. The third kappa shape index (κ3) is 3.14. The summed E-state index contributed by atoms with van der Waals surface area (Å²) in [5, 5.41) is 3.83. The molecule has 9 heteroatoms. The Labute approximate surface area is 146 Å². The predicted molar refractivity (Wildman–Crippen MR) is 89.2 cm³/mol. The average Bonchev–Trinajstić information content (AvgIpc) is 3.28. The van der Waals surface area contributed by atoms with Crippen LogP contribution in [0.5, 0.6) is 0 Å². The fraction of sp³-hybridized carbons (Fsp3) is 0.118. The first kappa shape index (κ1) is 15.9. The standard InChI is InChI=1S/C17H13FN6O2/c1-9-4-5-11(18)10(7-9)8-13-20-14(23-17(19)21-13)15-22-16(26-24-15)12-3-2-6-25-12/h2-7H,8H2,1H3,(H2,19,20,21,23). The Bertz CT molecular complexity index is 1060. The van der Waals surface area contributed by atoms with Crippen LogP contribution in [0.15, 0.2) is 45.5 Å². The highest BCUT2D eigenvalue weighted by Crippen LogP contribution is 2.21. The van der Waals surface area contributed by atoms with Crippen molar-refractivity contribution in [1.29, 1.82) is 0 Å². The number of hydrogen-bond acceptors (Lipinski definition) is 8. The van der Waals surface area contributed by atoms with Gasteiger partial charge in [-0.2, -0.15) is 15.0 Å². The summed E-state index contributed by atoms with van der Waals surface area (Å²) in [5.41, 5.74) is 7.16. The highest BCUT2D eigenvalue weighted by molar-refractivity contribution is 5.51. The smallest absolute Gasteiger partial charge is 0.294 e. The maximum Gasteiger partial charge on any atom is 0.294 e. The number of nitrogens with two attached hydrogens (primary N) is 1. The summed E-state index contributed by atoms with van der Waals surface area (Å²) in [6.07, 6.45) is 1.66. The molecular formula is C17H13FN6O2. The van der Waals surface area contributed by atoms with Gasteiger partial charge in [0.05, 0.1) is 6.26 Å². The SMILES string of the molecule is Cc1ccc(F)c(Cc2nc(N)nc(-c3noc(-c4ccco4)n3)n2)c1. The van der Waals surface area contributed by atoms with Crippen LogP contribution >= 0.6 is 0 Å². The number of nitrogens with zero attached hydrogens (tertiary/aromatic N) is 5. The monoisotopic (exact) mass is 352 g/mol. The third-order valence-electron chi connectivity index (χ3n) is 3.61. The first-order valence-electron chi connectivity index (χ1n) is 7.72. The lowest BCUT2D eigenvalue weighted by Gasteiger charge is -2.05. The molecule has 130 valence electrons. The van der Waals surface area contributed by atoms with E-state index in [-0.39, 0.29) is 35.7 Å². The van der Waals surface area contributed by atoms with Crippen LogP contribution < -0.4 is 5.73 Å². The predicted octanol–water partition coefficient (Wildman–Crippen LogP) is 2.80. The molecule has 0 bridgehead atoms. The number of hydrogen-bond donors (Lipinski definition) is 1. The van der Waals surface area contributed by atoms with E-state index in [2.05, 4.69) is 25.1 Å². The van der Waals surface area contributed by atoms with Crippen LogP contribution in [0.3, 0.4) is 0 Å². The molecule has 0 unspecified atom stereocenters. The summed E-state index contributed by atoms with van der Waals surface area (Å²) in [7, 11) is 0. The lowest BCUT2D eigenvalue weighted by Crippen LogP contribution is -2.07. The molecule has 0 fully saturated rings. The van der Waals surface area contributed by atoms with Gasteiger partial charge in [0.2, 0.25) is 17.6 Å². The molecule has 0 saturated carbocycles. The molecule has 4 aromatic rings. The number of aromatic nitrogens is 5. The zero-order chi connectivity index (χ0) is 18.1. The van der Waals surface area contributed by atoms with E-state index >= 15 is 0 Å². The first-order valence-corrected chi connectivity index (χ1v) is 7.72. The molecule has 4 rings (SSSR count). The van der Waals surface area contributed by atoms with Gasteiger partial charge in [0.15, 0.2) is 5.76 Å². The Kier molecular flexibility index (Phi) is 3.88. The number of furan rings is 1. The van der Waals surface area contributed by atoms with Gasteiger partial charge in [-0.1, -0.05) is 22.9 Å². The molecule has 3 aromatic heterocycles. The summed E-state index contributed by atoms with van der Waals surface area (Å²) in [5.74, 6) is 0.848. The largest absolute Gasteiger partial charge is 0.459 e. The fourth-order valence-electron chi connectivity index (χ4n) is 2.44. The number of nitrogen functional groups attached to an aromatic ring is 1. The van der Waals surface area contributed by atoms with Crippen LogP contribution in [0.25, 0.3) is 23.3 Å². The Balaban J connectivity index is 1.67. The van der Waals surface area contributed by atoms with Crippen molar-refractivity contribution in [2.24, 2.45) is 0 Å². The van der Waals surface area contributed by atoms with Crippen molar-refractivity contribution in [3.63, 3.8) is 0 Å². The van der Waals surface area contributed by atoms with E-state index in [4.69, 9.17) is 14.7 Å². The molecule has 0 aliphatic heterocycles.